The SMILES string of the molecule is CCc1cccc(C)c1NC(=O)CSc1nnc2c(n1)[nH]c1ccc(F)cc12. The number of H-pyrrole nitrogens is 1. The molecule has 0 radical (unpaired) electrons. The number of benzene rings is 2. The Kier molecular flexibility index (Phi) is 4.95. The number of carbonyl (C=O) groups is 1. The van der Waals surface area contributed by atoms with E-state index in [1.807, 2.05) is 25.1 Å². The van der Waals surface area contributed by atoms with Crippen LogP contribution in [-0.4, -0.2) is 31.8 Å². The third-order valence-electron chi connectivity index (χ3n) is 4.49. The number of anilines is 1. The lowest BCUT2D eigenvalue weighted by Gasteiger charge is -2.12. The smallest absolute Gasteiger partial charge is 0.234 e. The van der Waals surface area contributed by atoms with E-state index in [0.717, 1.165) is 28.8 Å². The Morgan fingerprint density at radius 2 is 2.11 bits per heavy atom. The number of fused-ring (bicyclic) bond motifs is 3. The molecule has 8 heteroatoms. The average molecular weight is 395 g/mol. The van der Waals surface area contributed by atoms with Crippen molar-refractivity contribution in [2.75, 3.05) is 11.1 Å². The summed E-state index contributed by atoms with van der Waals surface area (Å²) in [7, 11) is 0. The van der Waals surface area contributed by atoms with E-state index in [-0.39, 0.29) is 17.5 Å². The predicted octanol–water partition coefficient (Wildman–Crippen LogP) is 4.25. The van der Waals surface area contributed by atoms with Crippen LogP contribution in [-0.2, 0) is 11.2 Å². The summed E-state index contributed by atoms with van der Waals surface area (Å²) in [6.07, 6.45) is 0.842. The maximum Gasteiger partial charge on any atom is 0.234 e. The molecular weight excluding hydrogens is 377 g/mol. The molecule has 2 N–H and O–H groups in total. The summed E-state index contributed by atoms with van der Waals surface area (Å²) in [5.41, 5.74) is 4.76. The first kappa shape index (κ1) is 18.4. The normalized spacial score (nSPS) is 11.2. The quantitative estimate of drug-likeness (QED) is 0.494. The molecule has 4 rings (SSSR count). The topological polar surface area (TPSA) is 83.6 Å². The minimum atomic E-state index is -0.340. The summed E-state index contributed by atoms with van der Waals surface area (Å²) < 4.78 is 13.5. The van der Waals surface area contributed by atoms with E-state index in [4.69, 9.17) is 0 Å². The molecule has 4 aromatic rings. The summed E-state index contributed by atoms with van der Waals surface area (Å²) in [5.74, 6) is -0.302. The number of thioether (sulfide) groups is 1. The molecule has 0 bridgehead atoms. The molecule has 0 aliphatic rings. The maximum absolute atomic E-state index is 13.5. The number of rotatable bonds is 5. The van der Waals surface area contributed by atoms with E-state index in [9.17, 15) is 9.18 Å². The standard InChI is InChI=1S/C20H18FN5OS/c1-3-12-6-4-5-11(2)17(12)23-16(27)10-28-20-24-19-18(25-26-20)14-9-13(21)7-8-15(14)22-19/h4-9H,3,10H2,1-2H3,(H,23,27)(H,22,24,26). The van der Waals surface area contributed by atoms with E-state index in [1.165, 1.54) is 23.9 Å². The fourth-order valence-corrected chi connectivity index (χ4v) is 3.68. The molecule has 2 aromatic heterocycles. The lowest BCUT2D eigenvalue weighted by molar-refractivity contribution is -0.113. The Balaban J connectivity index is 1.50. The van der Waals surface area contributed by atoms with Gasteiger partial charge in [0.25, 0.3) is 0 Å². The monoisotopic (exact) mass is 395 g/mol. The summed E-state index contributed by atoms with van der Waals surface area (Å²) in [6.45, 7) is 4.03. The third-order valence-corrected chi connectivity index (χ3v) is 5.33. The lowest BCUT2D eigenvalue weighted by Crippen LogP contribution is -2.16. The Morgan fingerprint density at radius 3 is 2.93 bits per heavy atom. The number of hydrogen-bond acceptors (Lipinski definition) is 5. The number of nitrogens with zero attached hydrogens (tertiary/aromatic N) is 3. The van der Waals surface area contributed by atoms with Crippen molar-refractivity contribution >= 4 is 45.4 Å². The van der Waals surface area contributed by atoms with Crippen molar-refractivity contribution in [2.24, 2.45) is 0 Å². The zero-order chi connectivity index (χ0) is 19.7. The largest absolute Gasteiger partial charge is 0.338 e. The van der Waals surface area contributed by atoms with Gasteiger partial charge in [-0.05, 0) is 42.7 Å². The summed E-state index contributed by atoms with van der Waals surface area (Å²) >= 11 is 1.20. The number of hydrogen-bond donors (Lipinski definition) is 2. The Labute approximate surface area is 165 Å². The molecule has 1 amide bonds. The molecule has 0 atom stereocenters. The van der Waals surface area contributed by atoms with Crippen LogP contribution >= 0.6 is 11.8 Å². The highest BCUT2D eigenvalue weighted by Crippen LogP contribution is 2.25. The van der Waals surface area contributed by atoms with Gasteiger partial charge in [0, 0.05) is 16.6 Å². The number of carbonyl (C=O) groups excluding carboxylic acids is 1. The highest BCUT2D eigenvalue weighted by molar-refractivity contribution is 7.99. The fraction of sp³-hybridized carbons (Fsp3) is 0.200. The molecule has 0 saturated carbocycles. The summed E-state index contributed by atoms with van der Waals surface area (Å²) in [6, 6.07) is 10.4. The molecule has 0 spiro atoms. The molecule has 2 aromatic carbocycles. The van der Waals surface area contributed by atoms with Crippen LogP contribution in [0.15, 0.2) is 41.6 Å². The van der Waals surface area contributed by atoms with Crippen molar-refractivity contribution in [1.29, 1.82) is 0 Å². The molecule has 28 heavy (non-hydrogen) atoms. The van der Waals surface area contributed by atoms with Crippen molar-refractivity contribution in [2.45, 2.75) is 25.4 Å². The molecule has 0 unspecified atom stereocenters. The summed E-state index contributed by atoms with van der Waals surface area (Å²) in [4.78, 5) is 19.9. The predicted molar refractivity (Wildman–Crippen MR) is 109 cm³/mol. The molecular formula is C20H18FN5OS. The van der Waals surface area contributed by atoms with E-state index >= 15 is 0 Å². The van der Waals surface area contributed by atoms with Gasteiger partial charge in [-0.2, -0.15) is 0 Å². The second-order valence-corrected chi connectivity index (χ2v) is 7.35. The van der Waals surface area contributed by atoms with Crippen LogP contribution in [0.2, 0.25) is 0 Å². The highest BCUT2D eigenvalue weighted by Gasteiger charge is 2.13. The van der Waals surface area contributed by atoms with Gasteiger partial charge in [-0.3, -0.25) is 4.79 Å². The van der Waals surface area contributed by atoms with Crippen LogP contribution in [0.3, 0.4) is 0 Å². The van der Waals surface area contributed by atoms with Crippen LogP contribution in [0.1, 0.15) is 18.1 Å². The second-order valence-electron chi connectivity index (χ2n) is 6.41. The van der Waals surface area contributed by atoms with Gasteiger partial charge in [0.2, 0.25) is 11.1 Å². The van der Waals surface area contributed by atoms with E-state index in [2.05, 4.69) is 32.4 Å². The number of aryl methyl sites for hydroxylation is 2. The number of halogens is 1. The van der Waals surface area contributed by atoms with Crippen LogP contribution < -0.4 is 5.32 Å². The van der Waals surface area contributed by atoms with Gasteiger partial charge in [-0.15, -0.1) is 10.2 Å². The van der Waals surface area contributed by atoms with Crippen molar-refractivity contribution in [3.05, 3.63) is 53.3 Å². The number of amides is 1. The average Bonchev–Trinajstić information content (AvgIpc) is 3.05. The Morgan fingerprint density at radius 1 is 1.25 bits per heavy atom. The van der Waals surface area contributed by atoms with Crippen molar-refractivity contribution in [3.8, 4) is 0 Å². The minimum Gasteiger partial charge on any atom is -0.338 e. The van der Waals surface area contributed by atoms with Gasteiger partial charge in [-0.1, -0.05) is 36.9 Å². The molecule has 0 saturated heterocycles. The fourth-order valence-electron chi connectivity index (χ4n) is 3.10. The molecule has 6 nitrogen and oxygen atoms in total. The number of nitrogens with one attached hydrogen (secondary N) is 2. The van der Waals surface area contributed by atoms with Gasteiger partial charge in [0.1, 0.15) is 11.3 Å². The molecule has 2 heterocycles. The molecule has 0 aliphatic heterocycles. The van der Waals surface area contributed by atoms with Crippen LogP contribution in [0.5, 0.6) is 0 Å². The number of aromatic amines is 1. The van der Waals surface area contributed by atoms with E-state index in [0.29, 0.717) is 21.7 Å². The number of para-hydroxylation sites is 1. The highest BCUT2D eigenvalue weighted by atomic mass is 32.2. The van der Waals surface area contributed by atoms with Crippen LogP contribution in [0.4, 0.5) is 10.1 Å². The van der Waals surface area contributed by atoms with Gasteiger partial charge >= 0.3 is 0 Å². The number of aromatic nitrogens is 4. The maximum atomic E-state index is 13.5. The Hall–Kier alpha value is -3.00. The minimum absolute atomic E-state index is 0.128. The van der Waals surface area contributed by atoms with Gasteiger partial charge in [0.05, 0.1) is 5.75 Å². The van der Waals surface area contributed by atoms with Gasteiger partial charge in [-0.25, -0.2) is 9.37 Å². The van der Waals surface area contributed by atoms with Crippen molar-refractivity contribution < 1.29 is 9.18 Å². The van der Waals surface area contributed by atoms with Crippen LogP contribution in [0, 0.1) is 12.7 Å². The third kappa shape index (κ3) is 3.55. The first-order valence-electron chi connectivity index (χ1n) is 8.88. The molecule has 0 aliphatic carbocycles. The van der Waals surface area contributed by atoms with E-state index < -0.39 is 0 Å². The van der Waals surface area contributed by atoms with Gasteiger partial charge < -0.3 is 10.3 Å². The van der Waals surface area contributed by atoms with Crippen molar-refractivity contribution in [3.63, 3.8) is 0 Å². The first-order chi connectivity index (χ1) is 13.5. The molecule has 142 valence electrons. The van der Waals surface area contributed by atoms with Gasteiger partial charge in [0.15, 0.2) is 5.65 Å². The Bertz CT molecular complexity index is 1190. The second kappa shape index (κ2) is 7.55. The van der Waals surface area contributed by atoms with Crippen molar-refractivity contribution in [1.82, 2.24) is 20.2 Å². The van der Waals surface area contributed by atoms with Crippen LogP contribution in [0.25, 0.3) is 22.1 Å². The molecule has 0 fully saturated rings. The zero-order valence-corrected chi connectivity index (χ0v) is 16.2. The summed E-state index contributed by atoms with van der Waals surface area (Å²) in [5, 5.41) is 12.2. The lowest BCUT2D eigenvalue weighted by atomic mass is 10.1. The zero-order valence-electron chi connectivity index (χ0n) is 15.4. The van der Waals surface area contributed by atoms with E-state index in [1.54, 1.807) is 6.07 Å². The first-order valence-corrected chi connectivity index (χ1v) is 9.86.